The van der Waals surface area contributed by atoms with Crippen LogP contribution in [0.15, 0.2) is 84.0 Å². The Morgan fingerprint density at radius 1 is 0.807 bits per heavy atom. The molecular weight excluding hydrogens is 719 g/mol. The molecule has 3 aromatic carbocycles. The number of hydrogen-bond donors (Lipinski definition) is 4. The Hall–Kier alpha value is -5.55. The Bertz CT molecular complexity index is 1980. The van der Waals surface area contributed by atoms with Gasteiger partial charge in [0.2, 0.25) is 12.0 Å². The lowest BCUT2D eigenvalue weighted by atomic mass is 10.00. The number of aromatic amines is 1. The molecule has 2 unspecified atom stereocenters. The van der Waals surface area contributed by atoms with Gasteiger partial charge in [-0.05, 0) is 48.6 Å². The number of rotatable bonds is 21. The van der Waals surface area contributed by atoms with Crippen LogP contribution in [0.3, 0.4) is 0 Å². The third-order valence-electron chi connectivity index (χ3n) is 10.5. The summed E-state index contributed by atoms with van der Waals surface area (Å²) in [7, 11) is 0. The first kappa shape index (κ1) is 41.1. The second-order valence-electron chi connectivity index (χ2n) is 14.9. The molecule has 6 rings (SSSR count). The monoisotopic (exact) mass is 773 g/mol. The molecule has 1 aromatic heterocycles. The minimum atomic E-state index is -1.05. The Morgan fingerprint density at radius 3 is 2.11 bits per heavy atom. The smallest absolute Gasteiger partial charge is 0.348 e. The number of benzene rings is 3. The summed E-state index contributed by atoms with van der Waals surface area (Å²) < 4.78 is 5.59. The van der Waals surface area contributed by atoms with Gasteiger partial charge in [-0.1, -0.05) is 131 Å². The van der Waals surface area contributed by atoms with E-state index in [-0.39, 0.29) is 24.3 Å². The van der Waals surface area contributed by atoms with E-state index >= 15 is 0 Å². The molecule has 1 fully saturated rings. The van der Waals surface area contributed by atoms with E-state index < -0.39 is 12.1 Å². The van der Waals surface area contributed by atoms with Crippen LogP contribution in [0, 0.1) is 0 Å². The van der Waals surface area contributed by atoms with Gasteiger partial charge in [0, 0.05) is 54.4 Å². The van der Waals surface area contributed by atoms with Gasteiger partial charge in [0.05, 0.1) is 23.2 Å². The molecule has 0 radical (unpaired) electrons. The quantitative estimate of drug-likeness (QED) is 0.0487. The molecule has 4 N–H and O–H groups in total. The lowest BCUT2D eigenvalue weighted by Gasteiger charge is -2.08. The lowest BCUT2D eigenvalue weighted by Crippen LogP contribution is -2.30. The molecule has 0 bridgehead atoms. The molecule has 300 valence electrons. The molecule has 2 amide bonds. The fourth-order valence-electron chi connectivity index (χ4n) is 7.14. The number of carboxylic acid groups (broad SMARTS) is 1. The van der Waals surface area contributed by atoms with Crippen LogP contribution in [0.4, 0.5) is 0 Å². The van der Waals surface area contributed by atoms with Gasteiger partial charge in [-0.3, -0.25) is 9.59 Å². The number of H-pyrrole nitrogens is 1. The van der Waals surface area contributed by atoms with Gasteiger partial charge in [0.1, 0.15) is 5.82 Å². The summed E-state index contributed by atoms with van der Waals surface area (Å²) in [4.78, 5) is 50.4. The molecule has 2 atom stereocenters. The summed E-state index contributed by atoms with van der Waals surface area (Å²) in [6.07, 6.45) is 17.1. The number of carbonyl (C=O) groups excluding carboxylic acids is 2. The van der Waals surface area contributed by atoms with Gasteiger partial charge < -0.3 is 30.3 Å². The average Bonchev–Trinajstić information content (AvgIpc) is 4.04. The van der Waals surface area contributed by atoms with Crippen molar-refractivity contribution in [1.29, 1.82) is 0 Å². The highest BCUT2D eigenvalue weighted by molar-refractivity contribution is 6.03. The van der Waals surface area contributed by atoms with E-state index in [1.54, 1.807) is 6.08 Å². The van der Waals surface area contributed by atoms with Crippen molar-refractivity contribution in [2.45, 2.75) is 103 Å². The molecular formula is C46H55N5O6. The van der Waals surface area contributed by atoms with Crippen LogP contribution in [0.1, 0.15) is 112 Å². The number of nitrogens with one attached hydrogen (secondary N) is 3. The van der Waals surface area contributed by atoms with Gasteiger partial charge in [-0.15, -0.1) is 0 Å². The van der Waals surface area contributed by atoms with Gasteiger partial charge in [0.15, 0.2) is 0 Å². The highest BCUT2D eigenvalue weighted by Gasteiger charge is 2.28. The highest BCUT2D eigenvalue weighted by atomic mass is 16.7. The SMILES string of the molecule is CCCCCCCCCCCCNC(=O)c1ccc(-c2nc(-c3ccc(C4=NOC(C(=O)O)C4)cc3)c(-c3ccc(/C=C/C(=O)NCC4CCCO4)cc3)[nH]2)cc1. The highest BCUT2D eigenvalue weighted by Crippen LogP contribution is 2.34. The van der Waals surface area contributed by atoms with Crippen LogP contribution in [0.25, 0.3) is 40.0 Å². The number of carboxylic acids is 1. The summed E-state index contributed by atoms with van der Waals surface area (Å²) in [5.74, 6) is -0.646. The summed E-state index contributed by atoms with van der Waals surface area (Å²) in [6.45, 7) is 4.17. The predicted molar refractivity (Wildman–Crippen MR) is 224 cm³/mol. The molecule has 0 spiro atoms. The van der Waals surface area contributed by atoms with Crippen molar-refractivity contribution in [3.8, 4) is 33.9 Å². The molecule has 11 heteroatoms. The van der Waals surface area contributed by atoms with Crippen LogP contribution in [-0.4, -0.2) is 70.5 Å². The largest absolute Gasteiger partial charge is 0.478 e. The second-order valence-corrected chi connectivity index (χ2v) is 14.9. The summed E-state index contributed by atoms with van der Waals surface area (Å²) in [5.41, 5.74) is 6.92. The number of amides is 2. The zero-order valence-corrected chi connectivity index (χ0v) is 32.9. The third-order valence-corrected chi connectivity index (χ3v) is 10.5. The molecule has 2 aliphatic rings. The van der Waals surface area contributed by atoms with Crippen LogP contribution in [0.5, 0.6) is 0 Å². The standard InChI is InChI=1S/C46H55N5O6/c1-2-3-4-5-6-7-8-9-10-11-28-47-45(53)37-25-23-36(24-26-37)44-49-42(34-17-14-32(15-18-34)16-27-41(52)48-31-38-13-12-29-56-38)43(50-44)35-21-19-33(20-22-35)39-30-40(46(54)55)57-51-39/h14-27,38,40H,2-13,28-31H2,1H3,(H,47,53)(H,48,52)(H,49,50)(H,54,55)/b27-16+. The summed E-state index contributed by atoms with van der Waals surface area (Å²) in [5, 5.41) is 19.3. The van der Waals surface area contributed by atoms with Crippen LogP contribution in [0.2, 0.25) is 0 Å². The van der Waals surface area contributed by atoms with Gasteiger partial charge >= 0.3 is 5.97 Å². The van der Waals surface area contributed by atoms with Gasteiger partial charge in [-0.25, -0.2) is 9.78 Å². The fraction of sp³-hybridized carbons (Fsp3) is 0.413. The van der Waals surface area contributed by atoms with Crippen molar-refractivity contribution in [3.63, 3.8) is 0 Å². The molecule has 4 aromatic rings. The number of hydrogen-bond acceptors (Lipinski definition) is 7. The van der Waals surface area contributed by atoms with E-state index in [1.165, 1.54) is 57.4 Å². The van der Waals surface area contributed by atoms with Crippen molar-refractivity contribution >= 4 is 29.6 Å². The van der Waals surface area contributed by atoms with E-state index in [0.717, 1.165) is 71.5 Å². The Labute approximate surface area is 335 Å². The maximum Gasteiger partial charge on any atom is 0.348 e. The Morgan fingerprint density at radius 2 is 1.46 bits per heavy atom. The van der Waals surface area contributed by atoms with Crippen molar-refractivity contribution < 1.29 is 29.1 Å². The van der Waals surface area contributed by atoms with E-state index in [9.17, 15) is 19.5 Å². The summed E-state index contributed by atoms with van der Waals surface area (Å²) >= 11 is 0. The molecule has 11 nitrogen and oxygen atoms in total. The van der Waals surface area contributed by atoms with Gasteiger partial charge in [0.25, 0.3) is 5.91 Å². The number of unbranched alkanes of at least 4 members (excludes halogenated alkanes) is 9. The topological polar surface area (TPSA) is 155 Å². The first-order chi connectivity index (χ1) is 27.9. The van der Waals surface area contributed by atoms with Crippen molar-refractivity contribution in [3.05, 3.63) is 95.6 Å². The van der Waals surface area contributed by atoms with Crippen molar-refractivity contribution in [2.24, 2.45) is 5.16 Å². The number of ether oxygens (including phenoxy) is 1. The zero-order valence-electron chi connectivity index (χ0n) is 32.9. The molecule has 0 aliphatic carbocycles. The number of nitrogens with zero attached hydrogens (tertiary/aromatic N) is 2. The normalized spacial score (nSPS) is 16.4. The first-order valence-corrected chi connectivity index (χ1v) is 20.6. The van der Waals surface area contributed by atoms with Gasteiger partial charge in [-0.2, -0.15) is 0 Å². The zero-order chi connectivity index (χ0) is 39.8. The molecule has 57 heavy (non-hydrogen) atoms. The molecule has 0 saturated carbocycles. The van der Waals surface area contributed by atoms with Crippen molar-refractivity contribution in [2.75, 3.05) is 19.7 Å². The molecule has 2 aliphatic heterocycles. The lowest BCUT2D eigenvalue weighted by molar-refractivity contribution is -0.148. The van der Waals surface area contributed by atoms with E-state index in [2.05, 4.69) is 27.7 Å². The number of carbonyl (C=O) groups is 3. The maximum atomic E-state index is 12.9. The maximum absolute atomic E-state index is 12.9. The van der Waals surface area contributed by atoms with E-state index in [0.29, 0.717) is 30.2 Å². The number of imidazole rings is 1. The van der Waals surface area contributed by atoms with Crippen molar-refractivity contribution in [1.82, 2.24) is 20.6 Å². The average molecular weight is 774 g/mol. The third kappa shape index (κ3) is 12.0. The Balaban J connectivity index is 1.11. The Kier molecular flexibility index (Phi) is 15.2. The minimum absolute atomic E-state index is 0.0835. The van der Waals surface area contributed by atoms with E-state index in [4.69, 9.17) is 14.6 Å². The minimum Gasteiger partial charge on any atom is -0.478 e. The van der Waals surface area contributed by atoms with Crippen LogP contribution < -0.4 is 10.6 Å². The summed E-state index contributed by atoms with van der Waals surface area (Å²) in [6, 6.07) is 23.0. The molecule has 1 saturated heterocycles. The van der Waals surface area contributed by atoms with E-state index in [1.807, 2.05) is 72.8 Å². The molecule has 3 heterocycles. The van der Waals surface area contributed by atoms with Crippen LogP contribution in [-0.2, 0) is 19.2 Å². The predicted octanol–water partition coefficient (Wildman–Crippen LogP) is 8.95. The fourth-order valence-corrected chi connectivity index (χ4v) is 7.14. The number of aliphatic carboxylic acids is 1. The van der Waals surface area contributed by atoms with Crippen LogP contribution >= 0.6 is 0 Å². The number of aromatic nitrogens is 2. The second kappa shape index (κ2) is 21.1. The first-order valence-electron chi connectivity index (χ1n) is 20.6. The number of oxime groups is 1.